The standard InChI is InChI=1S/C13H17Br2ClP/c1-17(8-12(14)13(15)9-17)7-6-10-2-4-11(16)5-3-10/h2-5,12-13H,6-9H2,1H3/q+1/t12-,13-/m0/s1. The molecule has 1 aromatic carbocycles. The van der Waals surface area contributed by atoms with Gasteiger partial charge in [-0.1, -0.05) is 55.6 Å². The van der Waals surface area contributed by atoms with Crippen molar-refractivity contribution in [3.8, 4) is 0 Å². The molecule has 1 heterocycles. The molecule has 0 N–H and O–H groups in total. The molecular weight excluding hydrogens is 382 g/mol. The van der Waals surface area contributed by atoms with Crippen LogP contribution >= 0.6 is 50.7 Å². The van der Waals surface area contributed by atoms with Gasteiger partial charge in [-0.2, -0.15) is 0 Å². The summed E-state index contributed by atoms with van der Waals surface area (Å²) in [4.78, 5) is 1.34. The topological polar surface area (TPSA) is 0 Å². The molecule has 1 aliphatic rings. The largest absolute Gasteiger partial charge is 0.0843 e. The van der Waals surface area contributed by atoms with Crippen LogP contribution in [-0.2, 0) is 6.42 Å². The highest BCUT2D eigenvalue weighted by Gasteiger charge is 2.45. The summed E-state index contributed by atoms with van der Waals surface area (Å²) in [5.41, 5.74) is 1.42. The number of halogens is 3. The average Bonchev–Trinajstić information content (AvgIpc) is 2.53. The summed E-state index contributed by atoms with van der Waals surface area (Å²) in [6.07, 6.45) is 5.30. The van der Waals surface area contributed by atoms with Gasteiger partial charge in [0, 0.05) is 25.4 Å². The van der Waals surface area contributed by atoms with Crippen LogP contribution in [0.2, 0.25) is 5.02 Å². The highest BCUT2D eigenvalue weighted by atomic mass is 79.9. The summed E-state index contributed by atoms with van der Waals surface area (Å²) >= 11 is 13.5. The molecule has 0 radical (unpaired) electrons. The van der Waals surface area contributed by atoms with E-state index in [1.807, 2.05) is 12.1 Å². The fourth-order valence-electron chi connectivity index (χ4n) is 2.38. The molecular formula is C13H17Br2ClP+. The molecule has 0 bridgehead atoms. The number of benzene rings is 1. The maximum atomic E-state index is 5.90. The van der Waals surface area contributed by atoms with Crippen LogP contribution in [0.25, 0.3) is 0 Å². The van der Waals surface area contributed by atoms with Gasteiger partial charge in [0.15, 0.2) is 0 Å². The van der Waals surface area contributed by atoms with E-state index in [0.717, 1.165) is 5.02 Å². The zero-order valence-electron chi connectivity index (χ0n) is 9.87. The van der Waals surface area contributed by atoms with Crippen LogP contribution in [0, 0.1) is 0 Å². The Bertz CT molecular complexity index is 370. The van der Waals surface area contributed by atoms with Crippen LogP contribution in [-0.4, -0.2) is 34.8 Å². The smallest absolute Gasteiger partial charge is 0.0729 e. The quantitative estimate of drug-likeness (QED) is 0.492. The van der Waals surface area contributed by atoms with Crippen molar-refractivity contribution < 1.29 is 0 Å². The van der Waals surface area contributed by atoms with E-state index in [1.165, 1.54) is 30.5 Å². The second-order valence-electron chi connectivity index (χ2n) is 5.12. The number of rotatable bonds is 3. The van der Waals surface area contributed by atoms with Crippen molar-refractivity contribution in [1.29, 1.82) is 0 Å². The van der Waals surface area contributed by atoms with Crippen LogP contribution in [0.3, 0.4) is 0 Å². The lowest BCUT2D eigenvalue weighted by Gasteiger charge is -2.16. The van der Waals surface area contributed by atoms with Crippen molar-refractivity contribution in [2.75, 3.05) is 25.2 Å². The highest BCUT2D eigenvalue weighted by Crippen LogP contribution is 2.63. The second kappa shape index (κ2) is 5.90. The van der Waals surface area contributed by atoms with Gasteiger partial charge in [0.25, 0.3) is 0 Å². The van der Waals surface area contributed by atoms with Crippen LogP contribution in [0.4, 0.5) is 0 Å². The van der Waals surface area contributed by atoms with Gasteiger partial charge >= 0.3 is 0 Å². The van der Waals surface area contributed by atoms with Gasteiger partial charge in [-0.25, -0.2) is 0 Å². The molecule has 0 amide bonds. The molecule has 1 fully saturated rings. The van der Waals surface area contributed by atoms with E-state index in [2.05, 4.69) is 50.7 Å². The minimum Gasteiger partial charge on any atom is -0.0843 e. The monoisotopic (exact) mass is 397 g/mol. The van der Waals surface area contributed by atoms with Crippen LogP contribution < -0.4 is 0 Å². The molecule has 1 aromatic rings. The zero-order chi connectivity index (χ0) is 12.5. The summed E-state index contributed by atoms with van der Waals surface area (Å²) in [7, 11) is -0.736. The van der Waals surface area contributed by atoms with Gasteiger partial charge in [-0.15, -0.1) is 0 Å². The molecule has 17 heavy (non-hydrogen) atoms. The van der Waals surface area contributed by atoms with E-state index < -0.39 is 7.26 Å². The molecule has 2 atom stereocenters. The highest BCUT2D eigenvalue weighted by molar-refractivity contribution is 9.12. The third-order valence-corrected chi connectivity index (χ3v) is 11.2. The fraction of sp³-hybridized carbons (Fsp3) is 0.538. The lowest BCUT2D eigenvalue weighted by molar-refractivity contribution is 1.03. The van der Waals surface area contributed by atoms with Gasteiger partial charge in [0.2, 0.25) is 0 Å². The first-order valence-corrected chi connectivity index (χ1v) is 10.8. The summed E-state index contributed by atoms with van der Waals surface area (Å²) < 4.78 is 0. The molecule has 0 spiro atoms. The molecule has 0 aromatic heterocycles. The van der Waals surface area contributed by atoms with Crippen LogP contribution in [0.1, 0.15) is 5.56 Å². The molecule has 94 valence electrons. The second-order valence-corrected chi connectivity index (χ2v) is 12.3. The first-order valence-electron chi connectivity index (χ1n) is 5.85. The lowest BCUT2D eigenvalue weighted by atomic mass is 10.2. The Hall–Kier alpha value is 0.900. The van der Waals surface area contributed by atoms with Crippen molar-refractivity contribution in [3.05, 3.63) is 34.9 Å². The normalized spacial score (nSPS) is 27.3. The molecule has 0 saturated carbocycles. The van der Waals surface area contributed by atoms with Gasteiger partial charge < -0.3 is 0 Å². The van der Waals surface area contributed by atoms with Crippen molar-refractivity contribution in [1.82, 2.24) is 0 Å². The van der Waals surface area contributed by atoms with Crippen molar-refractivity contribution >= 4 is 50.7 Å². The van der Waals surface area contributed by atoms with Gasteiger partial charge in [0.1, 0.15) is 0 Å². The minimum atomic E-state index is -0.736. The van der Waals surface area contributed by atoms with E-state index in [-0.39, 0.29) is 0 Å². The Morgan fingerprint density at radius 3 is 2.24 bits per heavy atom. The Labute approximate surface area is 126 Å². The van der Waals surface area contributed by atoms with E-state index in [1.54, 1.807) is 0 Å². The first kappa shape index (κ1) is 14.3. The Morgan fingerprint density at radius 1 is 1.18 bits per heavy atom. The summed E-state index contributed by atoms with van der Waals surface area (Å²) in [6, 6.07) is 8.30. The van der Waals surface area contributed by atoms with Crippen molar-refractivity contribution in [3.63, 3.8) is 0 Å². The molecule has 0 aliphatic carbocycles. The summed E-state index contributed by atoms with van der Waals surface area (Å²) in [5.74, 6) is 0. The molecule has 1 saturated heterocycles. The van der Waals surface area contributed by atoms with Crippen molar-refractivity contribution in [2.45, 2.75) is 16.1 Å². The Kier molecular flexibility index (Phi) is 4.97. The fourth-order valence-corrected chi connectivity index (χ4v) is 11.2. The maximum Gasteiger partial charge on any atom is 0.0729 e. The van der Waals surface area contributed by atoms with E-state index >= 15 is 0 Å². The SMILES string of the molecule is C[P+]1(CCc2ccc(Cl)cc2)C[C@H](Br)[C@@H](Br)C1. The lowest BCUT2D eigenvalue weighted by Crippen LogP contribution is -2.08. The number of aryl methyl sites for hydroxylation is 1. The zero-order valence-corrected chi connectivity index (χ0v) is 14.7. The molecule has 2 rings (SSSR count). The van der Waals surface area contributed by atoms with Gasteiger partial charge in [0.05, 0.1) is 28.1 Å². The molecule has 4 heteroatoms. The average molecular weight is 400 g/mol. The van der Waals surface area contributed by atoms with Crippen LogP contribution in [0.15, 0.2) is 24.3 Å². The van der Waals surface area contributed by atoms with E-state index in [9.17, 15) is 0 Å². The Morgan fingerprint density at radius 2 is 1.71 bits per heavy atom. The molecule has 1 aliphatic heterocycles. The first-order chi connectivity index (χ1) is 7.98. The number of hydrogen-bond acceptors (Lipinski definition) is 0. The predicted octanol–water partition coefficient (Wildman–Crippen LogP) is 5.07. The van der Waals surface area contributed by atoms with E-state index in [4.69, 9.17) is 11.6 Å². The molecule has 0 unspecified atom stereocenters. The Balaban J connectivity index is 1.92. The predicted molar refractivity (Wildman–Crippen MR) is 88.0 cm³/mol. The van der Waals surface area contributed by atoms with Crippen molar-refractivity contribution in [2.24, 2.45) is 0 Å². The third-order valence-electron chi connectivity index (χ3n) is 3.48. The maximum absolute atomic E-state index is 5.90. The summed E-state index contributed by atoms with van der Waals surface area (Å²) in [5, 5.41) is 0.830. The van der Waals surface area contributed by atoms with Crippen LogP contribution in [0.5, 0.6) is 0 Å². The third kappa shape index (κ3) is 3.93. The number of alkyl halides is 2. The summed E-state index contributed by atoms with van der Waals surface area (Å²) in [6.45, 7) is 2.51. The van der Waals surface area contributed by atoms with Gasteiger partial charge in [-0.05, 0) is 17.7 Å². The van der Waals surface area contributed by atoms with Gasteiger partial charge in [-0.3, -0.25) is 0 Å². The molecule has 0 nitrogen and oxygen atoms in total. The minimum absolute atomic E-state index is 0.672. The number of hydrogen-bond donors (Lipinski definition) is 0. The van der Waals surface area contributed by atoms with E-state index in [0.29, 0.717) is 9.65 Å².